The summed E-state index contributed by atoms with van der Waals surface area (Å²) in [6, 6.07) is 3.67. The first-order chi connectivity index (χ1) is 9.19. The maximum atomic E-state index is 11.8. The smallest absolute Gasteiger partial charge is 0.252 e. The summed E-state index contributed by atoms with van der Waals surface area (Å²) in [5, 5.41) is 2.77. The number of carbonyl (C=O) groups excluding carboxylic acids is 1. The molecule has 1 heterocycles. The minimum absolute atomic E-state index is 0.118. The quantitative estimate of drug-likeness (QED) is 0.727. The number of unbranched alkanes of at least 4 members (excludes halogenated alkanes) is 1. The number of amides is 1. The zero-order chi connectivity index (χ0) is 14.1. The SMILES string of the molecule is CCCCN(C)c1ccc(C(=O)NCCOC)cn1. The van der Waals surface area contributed by atoms with Gasteiger partial charge in [0.05, 0.1) is 12.2 Å². The first-order valence-electron chi connectivity index (χ1n) is 6.63. The third-order valence-corrected chi connectivity index (χ3v) is 2.84. The van der Waals surface area contributed by atoms with Crippen molar-refractivity contribution in [2.24, 2.45) is 0 Å². The van der Waals surface area contributed by atoms with Crippen LogP contribution in [0, 0.1) is 0 Å². The maximum Gasteiger partial charge on any atom is 0.252 e. The number of methoxy groups -OCH3 is 1. The molecule has 0 saturated carbocycles. The predicted octanol–water partition coefficient (Wildman–Crippen LogP) is 1.69. The molecule has 1 N–H and O–H groups in total. The highest BCUT2D eigenvalue weighted by Gasteiger charge is 2.07. The van der Waals surface area contributed by atoms with Crippen LogP contribution in [0.2, 0.25) is 0 Å². The zero-order valence-corrected chi connectivity index (χ0v) is 12.0. The van der Waals surface area contributed by atoms with E-state index in [1.54, 1.807) is 19.4 Å². The Bertz CT molecular complexity index is 379. The van der Waals surface area contributed by atoms with Gasteiger partial charge >= 0.3 is 0 Å². The summed E-state index contributed by atoms with van der Waals surface area (Å²) in [4.78, 5) is 18.2. The first-order valence-corrected chi connectivity index (χ1v) is 6.63. The molecule has 5 heteroatoms. The number of nitrogens with one attached hydrogen (secondary N) is 1. The number of aromatic nitrogens is 1. The van der Waals surface area contributed by atoms with Crippen LogP contribution in [0.25, 0.3) is 0 Å². The third kappa shape index (κ3) is 5.26. The number of ether oxygens (including phenoxy) is 1. The largest absolute Gasteiger partial charge is 0.383 e. The second-order valence-electron chi connectivity index (χ2n) is 4.43. The Hall–Kier alpha value is -1.62. The van der Waals surface area contributed by atoms with Gasteiger partial charge in [0.1, 0.15) is 5.82 Å². The van der Waals surface area contributed by atoms with Crippen LogP contribution in [0.15, 0.2) is 18.3 Å². The van der Waals surface area contributed by atoms with Crippen molar-refractivity contribution in [2.45, 2.75) is 19.8 Å². The fourth-order valence-corrected chi connectivity index (χ4v) is 1.62. The van der Waals surface area contributed by atoms with Gasteiger partial charge in [0.25, 0.3) is 5.91 Å². The molecule has 0 aromatic carbocycles. The van der Waals surface area contributed by atoms with E-state index in [1.165, 1.54) is 0 Å². The molecular formula is C14H23N3O2. The molecule has 0 bridgehead atoms. The molecule has 1 amide bonds. The number of hydrogen-bond donors (Lipinski definition) is 1. The standard InChI is InChI=1S/C14H23N3O2/c1-4-5-9-17(2)13-7-6-12(11-16-13)14(18)15-8-10-19-3/h6-7,11H,4-5,8-10H2,1-3H3,(H,15,18). The van der Waals surface area contributed by atoms with Gasteiger partial charge in [-0.15, -0.1) is 0 Å². The van der Waals surface area contributed by atoms with Crippen LogP contribution in [0.5, 0.6) is 0 Å². The highest BCUT2D eigenvalue weighted by Crippen LogP contribution is 2.10. The van der Waals surface area contributed by atoms with Crippen LogP contribution in [-0.2, 0) is 4.74 Å². The molecule has 19 heavy (non-hydrogen) atoms. The normalized spacial score (nSPS) is 10.3. The number of anilines is 1. The lowest BCUT2D eigenvalue weighted by Crippen LogP contribution is -2.27. The van der Waals surface area contributed by atoms with Crippen molar-refractivity contribution < 1.29 is 9.53 Å². The van der Waals surface area contributed by atoms with Crippen molar-refractivity contribution in [2.75, 3.05) is 38.8 Å². The van der Waals surface area contributed by atoms with Crippen LogP contribution >= 0.6 is 0 Å². The highest BCUT2D eigenvalue weighted by atomic mass is 16.5. The van der Waals surface area contributed by atoms with Crippen molar-refractivity contribution in [3.8, 4) is 0 Å². The molecular weight excluding hydrogens is 242 g/mol. The minimum atomic E-state index is -0.118. The predicted molar refractivity (Wildman–Crippen MR) is 76.6 cm³/mol. The summed E-state index contributed by atoms with van der Waals surface area (Å²) in [6.45, 7) is 4.15. The third-order valence-electron chi connectivity index (χ3n) is 2.84. The number of nitrogens with zero attached hydrogens (tertiary/aromatic N) is 2. The summed E-state index contributed by atoms with van der Waals surface area (Å²) in [7, 11) is 3.62. The molecule has 0 aliphatic carbocycles. The lowest BCUT2D eigenvalue weighted by Gasteiger charge is -2.17. The van der Waals surface area contributed by atoms with Crippen LogP contribution in [0.3, 0.4) is 0 Å². The molecule has 0 fully saturated rings. The Balaban J connectivity index is 2.53. The Kier molecular flexibility index (Phi) is 6.89. The number of hydrogen-bond acceptors (Lipinski definition) is 4. The van der Waals surface area contributed by atoms with Crippen molar-refractivity contribution >= 4 is 11.7 Å². The van der Waals surface area contributed by atoms with Crippen molar-refractivity contribution in [3.05, 3.63) is 23.9 Å². The molecule has 0 unspecified atom stereocenters. The molecule has 0 spiro atoms. The van der Waals surface area contributed by atoms with Gasteiger partial charge in [-0.3, -0.25) is 4.79 Å². The molecule has 0 saturated heterocycles. The molecule has 1 rings (SSSR count). The fraction of sp³-hybridized carbons (Fsp3) is 0.571. The molecule has 5 nitrogen and oxygen atoms in total. The molecule has 106 valence electrons. The average molecular weight is 265 g/mol. The summed E-state index contributed by atoms with van der Waals surface area (Å²) < 4.78 is 4.88. The fourth-order valence-electron chi connectivity index (χ4n) is 1.62. The van der Waals surface area contributed by atoms with E-state index in [0.29, 0.717) is 18.7 Å². The van der Waals surface area contributed by atoms with E-state index in [9.17, 15) is 4.79 Å². The van der Waals surface area contributed by atoms with Gasteiger partial charge in [-0.25, -0.2) is 4.98 Å². The van der Waals surface area contributed by atoms with E-state index >= 15 is 0 Å². The van der Waals surface area contributed by atoms with Gasteiger partial charge in [-0.2, -0.15) is 0 Å². The van der Waals surface area contributed by atoms with E-state index in [1.807, 2.05) is 13.1 Å². The molecule has 1 aromatic heterocycles. The summed E-state index contributed by atoms with van der Waals surface area (Å²) in [6.07, 6.45) is 3.90. The Morgan fingerprint density at radius 3 is 2.84 bits per heavy atom. The maximum absolute atomic E-state index is 11.8. The molecule has 0 aliphatic heterocycles. The molecule has 1 aromatic rings. The van der Waals surface area contributed by atoms with Gasteiger partial charge in [0.15, 0.2) is 0 Å². The van der Waals surface area contributed by atoms with E-state index in [0.717, 1.165) is 25.2 Å². The second-order valence-corrected chi connectivity index (χ2v) is 4.43. The van der Waals surface area contributed by atoms with Crippen LogP contribution < -0.4 is 10.2 Å². The van der Waals surface area contributed by atoms with Crippen LogP contribution in [-0.4, -0.2) is 44.7 Å². The van der Waals surface area contributed by atoms with Crippen molar-refractivity contribution in [1.82, 2.24) is 10.3 Å². The highest BCUT2D eigenvalue weighted by molar-refractivity contribution is 5.94. The monoisotopic (exact) mass is 265 g/mol. The van der Waals surface area contributed by atoms with Gasteiger partial charge < -0.3 is 15.0 Å². The Morgan fingerprint density at radius 2 is 2.26 bits per heavy atom. The van der Waals surface area contributed by atoms with Gasteiger partial charge in [-0.1, -0.05) is 13.3 Å². The molecule has 0 atom stereocenters. The Labute approximate surface area is 115 Å². The van der Waals surface area contributed by atoms with E-state index in [4.69, 9.17) is 4.74 Å². The van der Waals surface area contributed by atoms with Crippen LogP contribution in [0.4, 0.5) is 5.82 Å². The average Bonchev–Trinajstić information content (AvgIpc) is 2.45. The van der Waals surface area contributed by atoms with Crippen LogP contribution in [0.1, 0.15) is 30.1 Å². The number of carbonyl (C=O) groups is 1. The van der Waals surface area contributed by atoms with Gasteiger partial charge in [-0.05, 0) is 18.6 Å². The second kappa shape index (κ2) is 8.48. The summed E-state index contributed by atoms with van der Waals surface area (Å²) >= 11 is 0. The molecule has 0 aliphatic rings. The first kappa shape index (κ1) is 15.4. The van der Waals surface area contributed by atoms with Gasteiger partial charge in [0.2, 0.25) is 0 Å². The lowest BCUT2D eigenvalue weighted by atomic mass is 10.2. The van der Waals surface area contributed by atoms with Crippen molar-refractivity contribution in [3.63, 3.8) is 0 Å². The van der Waals surface area contributed by atoms with E-state index in [2.05, 4.69) is 22.1 Å². The van der Waals surface area contributed by atoms with E-state index < -0.39 is 0 Å². The number of rotatable bonds is 8. The lowest BCUT2D eigenvalue weighted by molar-refractivity contribution is 0.0937. The minimum Gasteiger partial charge on any atom is -0.383 e. The Morgan fingerprint density at radius 1 is 1.47 bits per heavy atom. The molecule has 0 radical (unpaired) electrons. The zero-order valence-electron chi connectivity index (χ0n) is 12.0. The topological polar surface area (TPSA) is 54.5 Å². The van der Waals surface area contributed by atoms with Gasteiger partial charge in [0, 0.05) is 33.4 Å². The summed E-state index contributed by atoms with van der Waals surface area (Å²) in [5.41, 5.74) is 0.573. The number of pyridine rings is 1. The summed E-state index contributed by atoms with van der Waals surface area (Å²) in [5.74, 6) is 0.772. The van der Waals surface area contributed by atoms with Crippen molar-refractivity contribution in [1.29, 1.82) is 0 Å². The van der Waals surface area contributed by atoms with E-state index in [-0.39, 0.29) is 5.91 Å².